The summed E-state index contributed by atoms with van der Waals surface area (Å²) < 4.78 is 0. The molecule has 2 nitrogen and oxygen atoms in total. The van der Waals surface area contributed by atoms with Crippen molar-refractivity contribution in [1.82, 2.24) is 5.32 Å². The molecule has 1 aromatic rings. The molecule has 1 amide bonds. The number of aryl methyl sites for hydroxylation is 2. The number of nitrogens with one attached hydrogen (secondary N) is 1. The van der Waals surface area contributed by atoms with E-state index >= 15 is 0 Å². The van der Waals surface area contributed by atoms with E-state index in [1.807, 2.05) is 0 Å². The summed E-state index contributed by atoms with van der Waals surface area (Å²) >= 11 is 1.80. The molecule has 0 bridgehead atoms. The van der Waals surface area contributed by atoms with Gasteiger partial charge in [0.25, 0.3) is 0 Å². The highest BCUT2D eigenvalue weighted by Gasteiger charge is 2.17. The molecule has 0 spiro atoms. The quantitative estimate of drug-likeness (QED) is 0.506. The smallest absolute Gasteiger partial charge is 0.223 e. The lowest BCUT2D eigenvalue weighted by atomic mass is 9.94. The Kier molecular flexibility index (Phi) is 5.72. The Labute approximate surface area is 126 Å². The van der Waals surface area contributed by atoms with E-state index in [2.05, 4.69) is 49.5 Å². The first-order valence-electron chi connectivity index (χ1n) is 7.29. The zero-order chi connectivity index (χ0) is 14.4. The minimum Gasteiger partial charge on any atom is -0.355 e. The fourth-order valence-corrected chi connectivity index (χ4v) is 3.19. The van der Waals surface area contributed by atoms with E-state index < -0.39 is 0 Å². The second-order valence-electron chi connectivity index (χ2n) is 5.37. The van der Waals surface area contributed by atoms with Crippen LogP contribution in [0.15, 0.2) is 35.2 Å². The first kappa shape index (κ1) is 15.2. The van der Waals surface area contributed by atoms with Gasteiger partial charge in [0, 0.05) is 23.1 Å². The van der Waals surface area contributed by atoms with Crippen LogP contribution in [0.25, 0.3) is 0 Å². The molecule has 1 atom stereocenters. The average Bonchev–Trinajstić information content (AvgIpc) is 2.48. The summed E-state index contributed by atoms with van der Waals surface area (Å²) in [7, 11) is 0. The molecule has 0 unspecified atom stereocenters. The van der Waals surface area contributed by atoms with Crippen molar-refractivity contribution < 1.29 is 4.79 Å². The summed E-state index contributed by atoms with van der Waals surface area (Å²) in [4.78, 5) is 13.2. The van der Waals surface area contributed by atoms with Crippen molar-refractivity contribution in [1.29, 1.82) is 0 Å². The highest BCUT2D eigenvalue weighted by atomic mass is 32.2. The van der Waals surface area contributed by atoms with Crippen LogP contribution in [-0.2, 0) is 4.79 Å². The predicted molar refractivity (Wildman–Crippen MR) is 86.1 cm³/mol. The molecule has 1 N–H and O–H groups in total. The van der Waals surface area contributed by atoms with Gasteiger partial charge in [-0.1, -0.05) is 18.2 Å². The maximum Gasteiger partial charge on any atom is 0.223 e. The number of carbonyl (C=O) groups excluding carboxylic acids is 1. The van der Waals surface area contributed by atoms with Crippen LogP contribution in [0.2, 0.25) is 0 Å². The molecule has 0 radical (unpaired) electrons. The largest absolute Gasteiger partial charge is 0.355 e. The summed E-state index contributed by atoms with van der Waals surface area (Å²) in [6.45, 7) is 5.01. The van der Waals surface area contributed by atoms with Gasteiger partial charge in [-0.3, -0.25) is 4.79 Å². The van der Waals surface area contributed by atoms with Crippen LogP contribution < -0.4 is 5.32 Å². The van der Waals surface area contributed by atoms with E-state index in [-0.39, 0.29) is 11.8 Å². The Balaban J connectivity index is 1.69. The van der Waals surface area contributed by atoms with Crippen LogP contribution in [0.3, 0.4) is 0 Å². The van der Waals surface area contributed by atoms with E-state index in [1.165, 1.54) is 16.0 Å². The number of rotatable bonds is 5. The molecule has 1 aliphatic carbocycles. The number of carbonyl (C=O) groups is 1. The molecule has 0 aromatic heterocycles. The maximum atomic E-state index is 12.0. The first-order chi connectivity index (χ1) is 9.66. The highest BCUT2D eigenvalue weighted by Crippen LogP contribution is 2.21. The van der Waals surface area contributed by atoms with Crippen molar-refractivity contribution in [3.8, 4) is 0 Å². The van der Waals surface area contributed by atoms with Gasteiger partial charge in [-0.25, -0.2) is 0 Å². The molecule has 0 fully saturated rings. The Morgan fingerprint density at radius 2 is 2.15 bits per heavy atom. The molecule has 0 heterocycles. The fourth-order valence-electron chi connectivity index (χ4n) is 2.32. The van der Waals surface area contributed by atoms with Crippen molar-refractivity contribution in [3.63, 3.8) is 0 Å². The molecule has 0 aliphatic heterocycles. The number of hydrogen-bond donors (Lipinski definition) is 1. The van der Waals surface area contributed by atoms with E-state index in [4.69, 9.17) is 0 Å². The molecule has 2 rings (SSSR count). The minimum absolute atomic E-state index is 0.187. The third-order valence-corrected chi connectivity index (χ3v) is 4.78. The topological polar surface area (TPSA) is 29.1 Å². The molecule has 3 heteroatoms. The third-order valence-electron chi connectivity index (χ3n) is 3.79. The molecular weight excluding hydrogens is 266 g/mol. The Morgan fingerprint density at radius 3 is 2.85 bits per heavy atom. The fraction of sp³-hybridized carbons (Fsp3) is 0.471. The van der Waals surface area contributed by atoms with Crippen molar-refractivity contribution in [2.75, 3.05) is 12.3 Å². The van der Waals surface area contributed by atoms with Gasteiger partial charge in [0.2, 0.25) is 5.91 Å². The number of thioether (sulfide) groups is 1. The van der Waals surface area contributed by atoms with Crippen LogP contribution in [0.1, 0.15) is 30.4 Å². The summed E-state index contributed by atoms with van der Waals surface area (Å²) in [6, 6.07) is 6.53. The van der Waals surface area contributed by atoms with E-state index in [0.717, 1.165) is 31.6 Å². The van der Waals surface area contributed by atoms with Gasteiger partial charge >= 0.3 is 0 Å². The van der Waals surface area contributed by atoms with Crippen LogP contribution in [-0.4, -0.2) is 18.2 Å². The monoisotopic (exact) mass is 289 g/mol. The lowest BCUT2D eigenvalue weighted by Gasteiger charge is -2.17. The number of allylic oxidation sites excluding steroid dienone is 2. The van der Waals surface area contributed by atoms with Gasteiger partial charge in [-0.05, 0) is 56.4 Å². The zero-order valence-electron chi connectivity index (χ0n) is 12.3. The van der Waals surface area contributed by atoms with Crippen LogP contribution in [0.4, 0.5) is 0 Å². The van der Waals surface area contributed by atoms with Crippen molar-refractivity contribution in [2.45, 2.75) is 38.0 Å². The lowest BCUT2D eigenvalue weighted by Crippen LogP contribution is -2.32. The SMILES string of the molecule is Cc1ccc(SCCNC(=O)[C@@H]2CC=CCC2)cc1C. The minimum atomic E-state index is 0.187. The van der Waals surface area contributed by atoms with E-state index in [1.54, 1.807) is 11.8 Å². The van der Waals surface area contributed by atoms with Gasteiger partial charge in [-0.15, -0.1) is 11.8 Å². The first-order valence-corrected chi connectivity index (χ1v) is 8.28. The number of benzene rings is 1. The second kappa shape index (κ2) is 7.53. The normalized spacial score (nSPS) is 18.0. The molecule has 0 saturated heterocycles. The second-order valence-corrected chi connectivity index (χ2v) is 6.54. The Bertz CT molecular complexity index is 496. The van der Waals surface area contributed by atoms with E-state index in [9.17, 15) is 4.79 Å². The molecular formula is C17H23NOS. The summed E-state index contributed by atoms with van der Waals surface area (Å²) in [5, 5.41) is 3.05. The summed E-state index contributed by atoms with van der Waals surface area (Å²) in [6.07, 6.45) is 7.22. The van der Waals surface area contributed by atoms with Crippen molar-refractivity contribution in [2.24, 2.45) is 5.92 Å². The van der Waals surface area contributed by atoms with Crippen LogP contribution >= 0.6 is 11.8 Å². The third kappa shape index (κ3) is 4.41. The summed E-state index contributed by atoms with van der Waals surface area (Å²) in [5.41, 5.74) is 2.65. The van der Waals surface area contributed by atoms with Crippen molar-refractivity contribution in [3.05, 3.63) is 41.5 Å². The Hall–Kier alpha value is -1.22. The standard InChI is InChI=1S/C17H23NOS/c1-13-8-9-16(12-14(13)2)20-11-10-18-17(19)15-6-4-3-5-7-15/h3-4,8-9,12,15H,5-7,10-11H2,1-2H3,(H,18,19)/t15-/m1/s1. The number of hydrogen-bond acceptors (Lipinski definition) is 2. The lowest BCUT2D eigenvalue weighted by molar-refractivity contribution is -0.125. The summed E-state index contributed by atoms with van der Waals surface area (Å²) in [5.74, 6) is 1.33. The Morgan fingerprint density at radius 1 is 1.30 bits per heavy atom. The molecule has 0 saturated carbocycles. The van der Waals surface area contributed by atoms with Crippen LogP contribution in [0.5, 0.6) is 0 Å². The molecule has 20 heavy (non-hydrogen) atoms. The van der Waals surface area contributed by atoms with Gasteiger partial charge in [0.1, 0.15) is 0 Å². The molecule has 108 valence electrons. The van der Waals surface area contributed by atoms with Gasteiger partial charge in [0.15, 0.2) is 0 Å². The van der Waals surface area contributed by atoms with Gasteiger partial charge < -0.3 is 5.32 Å². The zero-order valence-corrected chi connectivity index (χ0v) is 13.1. The van der Waals surface area contributed by atoms with Crippen LogP contribution in [0, 0.1) is 19.8 Å². The highest BCUT2D eigenvalue weighted by molar-refractivity contribution is 7.99. The molecule has 1 aliphatic rings. The van der Waals surface area contributed by atoms with Crippen molar-refractivity contribution >= 4 is 17.7 Å². The molecule has 1 aromatic carbocycles. The van der Waals surface area contributed by atoms with E-state index in [0.29, 0.717) is 0 Å². The predicted octanol–water partition coefficient (Wildman–Crippen LogP) is 3.87. The van der Waals surface area contributed by atoms with Gasteiger partial charge in [0.05, 0.1) is 0 Å². The average molecular weight is 289 g/mol. The number of amides is 1. The maximum absolute atomic E-state index is 12.0. The van der Waals surface area contributed by atoms with Gasteiger partial charge in [-0.2, -0.15) is 0 Å².